The van der Waals surface area contributed by atoms with Crippen LogP contribution in [0.25, 0.3) is 0 Å². The Bertz CT molecular complexity index is 575. The van der Waals surface area contributed by atoms with Gasteiger partial charge in [-0.2, -0.15) is 0 Å². The van der Waals surface area contributed by atoms with E-state index in [1.165, 1.54) is 11.1 Å². The number of anilines is 1. The van der Waals surface area contributed by atoms with E-state index in [0.29, 0.717) is 0 Å². The lowest BCUT2D eigenvalue weighted by Gasteiger charge is -2.29. The molecule has 2 aromatic heterocycles. The van der Waals surface area contributed by atoms with E-state index in [9.17, 15) is 0 Å². The van der Waals surface area contributed by atoms with Crippen molar-refractivity contribution < 1.29 is 0 Å². The number of hydrogen-bond donors (Lipinski definition) is 1. The molecule has 0 saturated heterocycles. The van der Waals surface area contributed by atoms with Crippen LogP contribution in [0.1, 0.15) is 17.0 Å². The van der Waals surface area contributed by atoms with Gasteiger partial charge in [0.05, 0.1) is 6.54 Å². The van der Waals surface area contributed by atoms with E-state index in [4.69, 9.17) is 0 Å². The second-order valence-corrected chi connectivity index (χ2v) is 4.97. The SMILES string of the molecule is CNCc1cnc(N2CCn3ccnc3C2)c(C)c1. The Hall–Kier alpha value is -1.88. The maximum Gasteiger partial charge on any atom is 0.131 e. The highest BCUT2D eigenvalue weighted by atomic mass is 15.3. The topological polar surface area (TPSA) is 46.0 Å². The van der Waals surface area contributed by atoms with E-state index in [1.807, 2.05) is 25.6 Å². The van der Waals surface area contributed by atoms with Gasteiger partial charge in [-0.05, 0) is 31.2 Å². The first-order chi connectivity index (χ1) is 9.28. The van der Waals surface area contributed by atoms with Gasteiger partial charge in [-0.15, -0.1) is 0 Å². The molecule has 2 aromatic rings. The van der Waals surface area contributed by atoms with Gasteiger partial charge >= 0.3 is 0 Å². The van der Waals surface area contributed by atoms with Crippen molar-refractivity contribution in [1.29, 1.82) is 0 Å². The van der Waals surface area contributed by atoms with Gasteiger partial charge in [-0.1, -0.05) is 0 Å². The maximum absolute atomic E-state index is 4.63. The third-order valence-electron chi connectivity index (χ3n) is 3.53. The van der Waals surface area contributed by atoms with Gasteiger partial charge in [0.15, 0.2) is 0 Å². The van der Waals surface area contributed by atoms with Crippen LogP contribution in [0.4, 0.5) is 5.82 Å². The molecule has 0 aliphatic carbocycles. The summed E-state index contributed by atoms with van der Waals surface area (Å²) in [5, 5.41) is 3.15. The highest BCUT2D eigenvalue weighted by Crippen LogP contribution is 2.22. The number of imidazole rings is 1. The van der Waals surface area contributed by atoms with E-state index >= 15 is 0 Å². The molecule has 1 aliphatic heterocycles. The Morgan fingerprint density at radius 1 is 1.32 bits per heavy atom. The molecule has 3 heterocycles. The molecular formula is C14H19N5. The summed E-state index contributed by atoms with van der Waals surface area (Å²) in [6.45, 7) is 5.80. The molecule has 5 heteroatoms. The average Bonchev–Trinajstić information content (AvgIpc) is 2.86. The molecule has 0 radical (unpaired) electrons. The normalized spacial score (nSPS) is 14.5. The van der Waals surface area contributed by atoms with Crippen molar-refractivity contribution >= 4 is 5.82 Å². The Kier molecular flexibility index (Phi) is 3.21. The lowest BCUT2D eigenvalue weighted by molar-refractivity contribution is 0.555. The van der Waals surface area contributed by atoms with Crippen LogP contribution in [0.2, 0.25) is 0 Å². The van der Waals surface area contributed by atoms with Crippen molar-refractivity contribution in [2.75, 3.05) is 18.5 Å². The smallest absolute Gasteiger partial charge is 0.131 e. The van der Waals surface area contributed by atoms with Crippen LogP contribution in [-0.4, -0.2) is 28.1 Å². The number of pyridine rings is 1. The van der Waals surface area contributed by atoms with E-state index in [0.717, 1.165) is 37.8 Å². The lowest BCUT2D eigenvalue weighted by Crippen LogP contribution is -2.34. The van der Waals surface area contributed by atoms with Gasteiger partial charge in [-0.3, -0.25) is 0 Å². The van der Waals surface area contributed by atoms with E-state index in [-0.39, 0.29) is 0 Å². The number of fused-ring (bicyclic) bond motifs is 1. The van der Waals surface area contributed by atoms with Crippen molar-refractivity contribution in [2.24, 2.45) is 0 Å². The second-order valence-electron chi connectivity index (χ2n) is 4.97. The first-order valence-corrected chi connectivity index (χ1v) is 6.63. The molecule has 0 bridgehead atoms. The number of rotatable bonds is 3. The molecule has 100 valence electrons. The van der Waals surface area contributed by atoms with Crippen LogP contribution in [0.15, 0.2) is 24.7 Å². The predicted molar refractivity (Wildman–Crippen MR) is 75.0 cm³/mol. The van der Waals surface area contributed by atoms with Crippen molar-refractivity contribution in [2.45, 2.75) is 26.6 Å². The number of hydrogen-bond acceptors (Lipinski definition) is 4. The molecule has 0 unspecified atom stereocenters. The second kappa shape index (κ2) is 5.01. The predicted octanol–water partition coefficient (Wildman–Crippen LogP) is 1.33. The minimum Gasteiger partial charge on any atom is -0.347 e. The zero-order valence-corrected chi connectivity index (χ0v) is 11.4. The molecular weight excluding hydrogens is 238 g/mol. The molecule has 19 heavy (non-hydrogen) atoms. The summed E-state index contributed by atoms with van der Waals surface area (Å²) in [7, 11) is 1.95. The minimum absolute atomic E-state index is 0.839. The van der Waals surface area contributed by atoms with Crippen LogP contribution in [0.3, 0.4) is 0 Å². The average molecular weight is 257 g/mol. The Labute approximate surface area is 113 Å². The van der Waals surface area contributed by atoms with Crippen molar-refractivity contribution in [3.63, 3.8) is 0 Å². The molecule has 1 aliphatic rings. The molecule has 0 aromatic carbocycles. The number of nitrogens with zero attached hydrogens (tertiary/aromatic N) is 4. The van der Waals surface area contributed by atoms with Gasteiger partial charge in [0.25, 0.3) is 0 Å². The third-order valence-corrected chi connectivity index (χ3v) is 3.53. The number of nitrogens with one attached hydrogen (secondary N) is 1. The van der Waals surface area contributed by atoms with Crippen LogP contribution < -0.4 is 10.2 Å². The van der Waals surface area contributed by atoms with E-state index in [1.54, 1.807) is 0 Å². The van der Waals surface area contributed by atoms with Gasteiger partial charge in [0.1, 0.15) is 11.6 Å². The summed E-state index contributed by atoms with van der Waals surface area (Å²) < 4.78 is 2.21. The lowest BCUT2D eigenvalue weighted by atomic mass is 10.2. The zero-order valence-electron chi connectivity index (χ0n) is 11.4. The molecule has 5 nitrogen and oxygen atoms in total. The fourth-order valence-electron chi connectivity index (χ4n) is 2.61. The number of aromatic nitrogens is 3. The standard InChI is InChI=1S/C14H19N5/c1-11-7-12(8-15-2)9-17-14(11)19-6-5-18-4-3-16-13(18)10-19/h3-4,7,9,15H,5-6,8,10H2,1-2H3. The van der Waals surface area contributed by atoms with Crippen molar-refractivity contribution in [3.05, 3.63) is 41.6 Å². The van der Waals surface area contributed by atoms with E-state index < -0.39 is 0 Å². The molecule has 0 amide bonds. The molecule has 0 fully saturated rings. The van der Waals surface area contributed by atoms with Crippen molar-refractivity contribution in [1.82, 2.24) is 19.9 Å². The summed E-state index contributed by atoms with van der Waals surface area (Å²) in [5.74, 6) is 2.20. The fourth-order valence-corrected chi connectivity index (χ4v) is 2.61. The molecule has 1 N–H and O–H groups in total. The Balaban J connectivity index is 1.83. The third kappa shape index (κ3) is 2.33. The largest absolute Gasteiger partial charge is 0.347 e. The van der Waals surface area contributed by atoms with Gasteiger partial charge in [0.2, 0.25) is 0 Å². The Morgan fingerprint density at radius 3 is 3.00 bits per heavy atom. The van der Waals surface area contributed by atoms with Crippen LogP contribution in [0, 0.1) is 6.92 Å². The molecule has 0 saturated carbocycles. The number of aryl methyl sites for hydroxylation is 1. The van der Waals surface area contributed by atoms with Gasteiger partial charge in [-0.25, -0.2) is 9.97 Å². The molecule has 3 rings (SSSR count). The monoisotopic (exact) mass is 257 g/mol. The first-order valence-electron chi connectivity index (χ1n) is 6.63. The zero-order chi connectivity index (χ0) is 13.2. The Morgan fingerprint density at radius 2 is 2.21 bits per heavy atom. The highest BCUT2D eigenvalue weighted by Gasteiger charge is 2.19. The van der Waals surface area contributed by atoms with Gasteiger partial charge in [0, 0.05) is 38.2 Å². The van der Waals surface area contributed by atoms with E-state index in [2.05, 4.69) is 37.7 Å². The van der Waals surface area contributed by atoms with Crippen LogP contribution in [-0.2, 0) is 19.6 Å². The quantitative estimate of drug-likeness (QED) is 0.901. The molecule has 0 atom stereocenters. The summed E-state index contributed by atoms with van der Waals surface area (Å²) in [6, 6.07) is 2.21. The minimum atomic E-state index is 0.839. The highest BCUT2D eigenvalue weighted by molar-refractivity contribution is 5.47. The summed E-state index contributed by atoms with van der Waals surface area (Å²) in [4.78, 5) is 11.3. The van der Waals surface area contributed by atoms with Crippen LogP contribution >= 0.6 is 0 Å². The van der Waals surface area contributed by atoms with Crippen molar-refractivity contribution in [3.8, 4) is 0 Å². The summed E-state index contributed by atoms with van der Waals surface area (Å²) in [5.41, 5.74) is 2.45. The maximum atomic E-state index is 4.63. The van der Waals surface area contributed by atoms with Gasteiger partial charge < -0.3 is 14.8 Å². The summed E-state index contributed by atoms with van der Waals surface area (Å²) >= 11 is 0. The van der Waals surface area contributed by atoms with Crippen LogP contribution in [0.5, 0.6) is 0 Å². The molecule has 0 spiro atoms. The first kappa shape index (κ1) is 12.2. The summed E-state index contributed by atoms with van der Waals surface area (Å²) in [6.07, 6.45) is 5.87. The fraction of sp³-hybridized carbons (Fsp3) is 0.429.